The molecule has 0 aromatic rings. The SMILES string of the molecule is C[Si](C)(C)N=N. The van der Waals surface area contributed by atoms with Gasteiger partial charge < -0.3 is 0 Å². The monoisotopic (exact) mass is 102 g/mol. The first kappa shape index (κ1) is 5.82. The summed E-state index contributed by atoms with van der Waals surface area (Å²) in [5, 5.41) is 0. The molecule has 0 bridgehead atoms. The fourth-order valence-electron chi connectivity index (χ4n) is 0. The van der Waals surface area contributed by atoms with E-state index in [0.717, 1.165) is 0 Å². The van der Waals surface area contributed by atoms with Gasteiger partial charge in [-0.25, -0.2) is 10.3 Å². The first-order valence-corrected chi connectivity index (χ1v) is 5.39. The van der Waals surface area contributed by atoms with Gasteiger partial charge in [-0.2, -0.15) is 0 Å². The van der Waals surface area contributed by atoms with Crippen molar-refractivity contribution in [1.29, 1.82) is 5.53 Å². The molecule has 36 valence electrons. The minimum atomic E-state index is -1.34. The van der Waals surface area contributed by atoms with Crippen molar-refractivity contribution in [3.63, 3.8) is 0 Å². The second-order valence-corrected chi connectivity index (χ2v) is 6.85. The van der Waals surface area contributed by atoms with E-state index in [-0.39, 0.29) is 0 Å². The molecule has 0 amide bonds. The van der Waals surface area contributed by atoms with Crippen LogP contribution in [0, 0.1) is 5.53 Å². The normalized spacial score (nSPS) is 11.2. The van der Waals surface area contributed by atoms with Crippen LogP contribution in [0.1, 0.15) is 0 Å². The molecular weight excluding hydrogens is 92.1 g/mol. The largest absolute Gasteiger partial charge is 0.242 e. The predicted octanol–water partition coefficient (Wildman–Crippen LogP) is 1.85. The van der Waals surface area contributed by atoms with Crippen molar-refractivity contribution in [3.8, 4) is 0 Å². The van der Waals surface area contributed by atoms with E-state index in [9.17, 15) is 0 Å². The Labute approximate surface area is 39.2 Å². The summed E-state index contributed by atoms with van der Waals surface area (Å²) >= 11 is 0. The van der Waals surface area contributed by atoms with Gasteiger partial charge in [0.1, 0.15) is 0 Å². The van der Waals surface area contributed by atoms with E-state index in [1.54, 1.807) is 0 Å². The third kappa shape index (κ3) is 3.82. The quantitative estimate of drug-likeness (QED) is 0.387. The van der Waals surface area contributed by atoms with Crippen molar-refractivity contribution in [2.24, 2.45) is 4.78 Å². The lowest BCUT2D eigenvalue weighted by Crippen LogP contribution is -2.13. The van der Waals surface area contributed by atoms with Gasteiger partial charge in [0.05, 0.1) is 0 Å². The van der Waals surface area contributed by atoms with Gasteiger partial charge in [-0.1, -0.05) is 0 Å². The molecule has 0 saturated carbocycles. The Morgan fingerprint density at radius 1 is 1.33 bits per heavy atom. The number of rotatable bonds is 1. The topological polar surface area (TPSA) is 36.2 Å². The Balaban J connectivity index is 3.45. The minimum Gasteiger partial charge on any atom is -0.242 e. The molecule has 0 saturated heterocycles. The summed E-state index contributed by atoms with van der Waals surface area (Å²) in [7, 11) is -1.34. The molecule has 0 atom stereocenters. The van der Waals surface area contributed by atoms with Crippen LogP contribution in [0.15, 0.2) is 4.78 Å². The van der Waals surface area contributed by atoms with Gasteiger partial charge >= 0.3 is 0 Å². The third-order valence-corrected chi connectivity index (χ3v) is 1.01. The summed E-state index contributed by atoms with van der Waals surface area (Å²) in [6, 6.07) is 0. The maximum atomic E-state index is 6.54. The first-order chi connectivity index (χ1) is 2.56. The molecule has 3 heteroatoms. The van der Waals surface area contributed by atoms with Crippen molar-refractivity contribution in [1.82, 2.24) is 0 Å². The summed E-state index contributed by atoms with van der Waals surface area (Å²) in [4.78, 5) is 0. The molecule has 0 heterocycles. The van der Waals surface area contributed by atoms with Gasteiger partial charge in [0.15, 0.2) is 8.24 Å². The Morgan fingerprint density at radius 2 is 1.50 bits per heavy atom. The summed E-state index contributed by atoms with van der Waals surface area (Å²) in [5.74, 6) is 0. The van der Waals surface area contributed by atoms with Crippen LogP contribution < -0.4 is 0 Å². The van der Waals surface area contributed by atoms with Crippen molar-refractivity contribution < 1.29 is 0 Å². The van der Waals surface area contributed by atoms with Crippen LogP contribution in [0.4, 0.5) is 0 Å². The molecule has 0 aliphatic rings. The average molecular weight is 102 g/mol. The lowest BCUT2D eigenvalue weighted by atomic mass is 11.8. The fraction of sp³-hybridized carbons (Fsp3) is 1.00. The molecule has 2 nitrogen and oxygen atoms in total. The Hall–Kier alpha value is -0.183. The summed E-state index contributed by atoms with van der Waals surface area (Å²) < 4.78 is 3.41. The highest BCUT2D eigenvalue weighted by Gasteiger charge is 2.08. The average Bonchev–Trinajstić information content (AvgIpc) is 1.35. The predicted molar refractivity (Wildman–Crippen MR) is 28.5 cm³/mol. The summed E-state index contributed by atoms with van der Waals surface area (Å²) in [6.45, 7) is 6.08. The molecule has 0 fully saturated rings. The fourth-order valence-corrected chi connectivity index (χ4v) is 0. The number of hydrogen-bond donors (Lipinski definition) is 1. The van der Waals surface area contributed by atoms with Gasteiger partial charge in [-0.15, -0.1) is 0 Å². The Bertz CT molecular complexity index is 54.3. The number of nitrogens with one attached hydrogen (secondary N) is 1. The number of nitrogens with zero attached hydrogens (tertiary/aromatic N) is 1. The maximum absolute atomic E-state index is 6.54. The lowest BCUT2D eigenvalue weighted by molar-refractivity contribution is 1.18. The second-order valence-electron chi connectivity index (χ2n) is 2.28. The third-order valence-electron chi connectivity index (χ3n) is 0.335. The highest BCUT2D eigenvalue weighted by Crippen LogP contribution is 1.98. The molecule has 0 aliphatic heterocycles. The standard InChI is InChI=1S/C3H10N2Si/c1-6(2,3)5-4/h4H,1-3H3. The molecule has 0 rings (SSSR count). The van der Waals surface area contributed by atoms with Crippen LogP contribution >= 0.6 is 0 Å². The zero-order valence-electron chi connectivity index (χ0n) is 4.45. The maximum Gasteiger partial charge on any atom is 0.199 e. The van der Waals surface area contributed by atoms with Gasteiger partial charge in [-0.05, 0) is 19.6 Å². The van der Waals surface area contributed by atoms with Crippen LogP contribution in [0.5, 0.6) is 0 Å². The zero-order valence-corrected chi connectivity index (χ0v) is 5.45. The molecule has 0 aromatic carbocycles. The molecule has 6 heavy (non-hydrogen) atoms. The van der Waals surface area contributed by atoms with E-state index in [1.165, 1.54) is 0 Å². The van der Waals surface area contributed by atoms with Gasteiger partial charge in [0, 0.05) is 0 Å². The second kappa shape index (κ2) is 1.51. The number of hydrogen-bond acceptors (Lipinski definition) is 2. The van der Waals surface area contributed by atoms with Crippen LogP contribution in [-0.2, 0) is 0 Å². The van der Waals surface area contributed by atoms with Gasteiger partial charge in [0.2, 0.25) is 0 Å². The van der Waals surface area contributed by atoms with Gasteiger partial charge in [-0.3, -0.25) is 0 Å². The molecule has 0 spiro atoms. The van der Waals surface area contributed by atoms with Crippen LogP contribution in [-0.4, -0.2) is 8.24 Å². The van der Waals surface area contributed by atoms with E-state index in [2.05, 4.69) is 4.78 Å². The van der Waals surface area contributed by atoms with E-state index in [0.29, 0.717) is 0 Å². The zero-order chi connectivity index (χ0) is 5.21. The van der Waals surface area contributed by atoms with E-state index in [4.69, 9.17) is 5.53 Å². The highest BCUT2D eigenvalue weighted by molar-refractivity contribution is 6.73. The van der Waals surface area contributed by atoms with Crippen LogP contribution in [0.3, 0.4) is 0 Å². The van der Waals surface area contributed by atoms with Crippen molar-refractivity contribution in [2.45, 2.75) is 19.6 Å². The molecule has 1 N–H and O–H groups in total. The molecule has 0 aliphatic carbocycles. The first-order valence-electron chi connectivity index (χ1n) is 1.95. The van der Waals surface area contributed by atoms with Crippen molar-refractivity contribution in [3.05, 3.63) is 0 Å². The molecule has 0 radical (unpaired) electrons. The Kier molecular flexibility index (Phi) is 1.46. The molecular formula is C3H10N2Si. The van der Waals surface area contributed by atoms with E-state index < -0.39 is 8.24 Å². The molecule has 0 aromatic heterocycles. The van der Waals surface area contributed by atoms with E-state index in [1.807, 2.05) is 19.6 Å². The van der Waals surface area contributed by atoms with Crippen molar-refractivity contribution >= 4 is 8.24 Å². The summed E-state index contributed by atoms with van der Waals surface area (Å²) in [5.41, 5.74) is 6.54. The van der Waals surface area contributed by atoms with Crippen molar-refractivity contribution in [2.75, 3.05) is 0 Å². The molecule has 0 unspecified atom stereocenters. The smallest absolute Gasteiger partial charge is 0.199 e. The lowest BCUT2D eigenvalue weighted by Gasteiger charge is -2.00. The van der Waals surface area contributed by atoms with Gasteiger partial charge in [0.25, 0.3) is 0 Å². The Morgan fingerprint density at radius 3 is 1.50 bits per heavy atom. The minimum absolute atomic E-state index is 1.34. The van der Waals surface area contributed by atoms with Crippen LogP contribution in [0.25, 0.3) is 0 Å². The van der Waals surface area contributed by atoms with Crippen LogP contribution in [0.2, 0.25) is 19.6 Å². The highest BCUT2D eigenvalue weighted by atomic mass is 28.3. The van der Waals surface area contributed by atoms with E-state index >= 15 is 0 Å². The summed E-state index contributed by atoms with van der Waals surface area (Å²) in [6.07, 6.45) is 0.